The molecule has 0 saturated heterocycles. The van der Waals surface area contributed by atoms with Crippen molar-refractivity contribution in [3.8, 4) is 5.69 Å². The summed E-state index contributed by atoms with van der Waals surface area (Å²) in [5.74, 6) is -0.161. The van der Waals surface area contributed by atoms with E-state index in [9.17, 15) is 4.79 Å². The van der Waals surface area contributed by atoms with Gasteiger partial charge in [0.2, 0.25) is 0 Å². The molecular formula is C20H18N6O. The Hall–Kier alpha value is -3.61. The van der Waals surface area contributed by atoms with Crippen LogP contribution in [0.15, 0.2) is 48.8 Å². The fourth-order valence-corrected chi connectivity index (χ4v) is 3.12. The molecule has 0 fully saturated rings. The van der Waals surface area contributed by atoms with Gasteiger partial charge in [-0.1, -0.05) is 11.6 Å². The number of fused-ring (bicyclic) bond motifs is 1. The molecule has 0 radical (unpaired) electrons. The Kier molecular flexibility index (Phi) is 4.12. The van der Waals surface area contributed by atoms with Crippen LogP contribution in [-0.2, 0) is 0 Å². The zero-order valence-corrected chi connectivity index (χ0v) is 15.3. The summed E-state index contributed by atoms with van der Waals surface area (Å²) in [4.78, 5) is 17.5. The van der Waals surface area contributed by atoms with Crippen molar-refractivity contribution in [2.24, 2.45) is 0 Å². The number of anilines is 1. The Labute approximate surface area is 156 Å². The van der Waals surface area contributed by atoms with Crippen LogP contribution in [0.25, 0.3) is 16.6 Å². The van der Waals surface area contributed by atoms with Gasteiger partial charge in [0.05, 0.1) is 16.8 Å². The molecule has 1 amide bonds. The summed E-state index contributed by atoms with van der Waals surface area (Å²) in [6, 6.07) is 13.4. The fraction of sp³-hybridized carbons (Fsp3) is 0.150. The van der Waals surface area contributed by atoms with E-state index < -0.39 is 0 Å². The minimum absolute atomic E-state index is 0.161. The molecule has 0 saturated carbocycles. The molecule has 4 aromatic rings. The highest BCUT2D eigenvalue weighted by molar-refractivity contribution is 6.12. The minimum Gasteiger partial charge on any atom is -0.322 e. The van der Waals surface area contributed by atoms with Crippen molar-refractivity contribution < 1.29 is 4.79 Å². The number of rotatable bonds is 3. The van der Waals surface area contributed by atoms with Crippen LogP contribution in [0.4, 0.5) is 5.69 Å². The maximum Gasteiger partial charge on any atom is 0.256 e. The van der Waals surface area contributed by atoms with Crippen LogP contribution in [0, 0.1) is 20.8 Å². The summed E-state index contributed by atoms with van der Waals surface area (Å²) in [6.07, 6.45) is 1.54. The Balaban J connectivity index is 1.68. The smallest absolute Gasteiger partial charge is 0.256 e. The predicted molar refractivity (Wildman–Crippen MR) is 103 cm³/mol. The van der Waals surface area contributed by atoms with Crippen LogP contribution < -0.4 is 5.32 Å². The largest absolute Gasteiger partial charge is 0.322 e. The second-order valence-corrected chi connectivity index (χ2v) is 6.54. The number of nitrogens with one attached hydrogen (secondary N) is 1. The van der Waals surface area contributed by atoms with Crippen molar-refractivity contribution in [1.82, 2.24) is 25.2 Å². The van der Waals surface area contributed by atoms with Crippen LogP contribution in [0.5, 0.6) is 0 Å². The summed E-state index contributed by atoms with van der Waals surface area (Å²) in [5, 5.41) is 15.0. The zero-order valence-electron chi connectivity index (χ0n) is 15.3. The predicted octanol–water partition coefficient (Wildman–Crippen LogP) is 3.39. The van der Waals surface area contributed by atoms with Gasteiger partial charge in [0.15, 0.2) is 0 Å². The van der Waals surface area contributed by atoms with Gasteiger partial charge in [-0.15, -0.1) is 5.10 Å². The SMILES string of the molecule is Cc1ccc2nc(C)cc(C(=O)Nc3ccc(-n4cnnn4)c(C)c3)c2c1. The van der Waals surface area contributed by atoms with Gasteiger partial charge in [-0.05, 0) is 73.2 Å². The van der Waals surface area contributed by atoms with E-state index in [0.29, 0.717) is 11.3 Å². The Morgan fingerprint density at radius 2 is 1.89 bits per heavy atom. The van der Waals surface area contributed by atoms with Gasteiger partial charge < -0.3 is 5.32 Å². The minimum atomic E-state index is -0.161. The molecular weight excluding hydrogens is 340 g/mol. The number of tetrazole rings is 1. The van der Waals surface area contributed by atoms with E-state index in [4.69, 9.17) is 0 Å². The van der Waals surface area contributed by atoms with Gasteiger partial charge in [0.25, 0.3) is 5.91 Å². The molecule has 7 heteroatoms. The van der Waals surface area contributed by atoms with Gasteiger partial charge in [0.1, 0.15) is 6.33 Å². The van der Waals surface area contributed by atoms with Crippen LogP contribution >= 0.6 is 0 Å². The van der Waals surface area contributed by atoms with Crippen molar-refractivity contribution in [3.05, 3.63) is 71.2 Å². The number of hydrogen-bond acceptors (Lipinski definition) is 5. The zero-order chi connectivity index (χ0) is 19.0. The van der Waals surface area contributed by atoms with Crippen molar-refractivity contribution in [3.63, 3.8) is 0 Å². The highest BCUT2D eigenvalue weighted by Crippen LogP contribution is 2.23. The van der Waals surface area contributed by atoms with E-state index in [-0.39, 0.29) is 5.91 Å². The van der Waals surface area contributed by atoms with Crippen molar-refractivity contribution in [2.75, 3.05) is 5.32 Å². The van der Waals surface area contributed by atoms with Gasteiger partial charge in [0, 0.05) is 16.8 Å². The molecule has 0 spiro atoms. The van der Waals surface area contributed by atoms with Crippen molar-refractivity contribution >= 4 is 22.5 Å². The average molecular weight is 358 g/mol. The van der Waals surface area contributed by atoms with Crippen LogP contribution in [-0.4, -0.2) is 31.1 Å². The van der Waals surface area contributed by atoms with Crippen LogP contribution in [0.3, 0.4) is 0 Å². The first kappa shape index (κ1) is 16.8. The number of amides is 1. The second kappa shape index (κ2) is 6.60. The van der Waals surface area contributed by atoms with Gasteiger partial charge >= 0.3 is 0 Å². The quantitative estimate of drug-likeness (QED) is 0.607. The number of hydrogen-bond donors (Lipinski definition) is 1. The average Bonchev–Trinajstić information content (AvgIpc) is 3.16. The number of pyridine rings is 1. The van der Waals surface area contributed by atoms with Gasteiger partial charge in [-0.3, -0.25) is 9.78 Å². The van der Waals surface area contributed by atoms with E-state index in [0.717, 1.165) is 33.4 Å². The summed E-state index contributed by atoms with van der Waals surface area (Å²) in [5.41, 5.74) is 5.85. The molecule has 2 aromatic carbocycles. The summed E-state index contributed by atoms with van der Waals surface area (Å²) in [7, 11) is 0. The molecule has 7 nitrogen and oxygen atoms in total. The molecule has 0 aliphatic rings. The third-order valence-electron chi connectivity index (χ3n) is 4.39. The Morgan fingerprint density at radius 3 is 2.63 bits per heavy atom. The molecule has 0 bridgehead atoms. The molecule has 2 heterocycles. The fourth-order valence-electron chi connectivity index (χ4n) is 3.12. The van der Waals surface area contributed by atoms with Crippen LogP contribution in [0.1, 0.15) is 27.2 Å². The van der Waals surface area contributed by atoms with E-state index in [1.54, 1.807) is 4.68 Å². The Morgan fingerprint density at radius 1 is 1.04 bits per heavy atom. The van der Waals surface area contributed by atoms with E-state index in [1.807, 2.05) is 63.2 Å². The number of carbonyl (C=O) groups is 1. The maximum absolute atomic E-state index is 12.9. The normalized spacial score (nSPS) is 10.9. The first-order chi connectivity index (χ1) is 13.0. The first-order valence-corrected chi connectivity index (χ1v) is 8.54. The Bertz CT molecular complexity index is 1150. The molecule has 2 aromatic heterocycles. The van der Waals surface area contributed by atoms with E-state index in [1.165, 1.54) is 6.33 Å². The lowest BCUT2D eigenvalue weighted by Gasteiger charge is -2.11. The van der Waals surface area contributed by atoms with Crippen molar-refractivity contribution in [1.29, 1.82) is 0 Å². The summed E-state index contributed by atoms with van der Waals surface area (Å²) >= 11 is 0. The summed E-state index contributed by atoms with van der Waals surface area (Å²) < 4.78 is 1.59. The molecule has 0 aliphatic heterocycles. The molecule has 1 N–H and O–H groups in total. The summed E-state index contributed by atoms with van der Waals surface area (Å²) in [6.45, 7) is 5.84. The van der Waals surface area contributed by atoms with Gasteiger partial charge in [-0.25, -0.2) is 4.68 Å². The highest BCUT2D eigenvalue weighted by Gasteiger charge is 2.13. The number of aromatic nitrogens is 5. The maximum atomic E-state index is 12.9. The number of carbonyl (C=O) groups excluding carboxylic acids is 1. The number of aryl methyl sites for hydroxylation is 3. The van der Waals surface area contributed by atoms with E-state index >= 15 is 0 Å². The lowest BCUT2D eigenvalue weighted by atomic mass is 10.0. The molecule has 134 valence electrons. The van der Waals surface area contributed by atoms with E-state index in [2.05, 4.69) is 25.8 Å². The lowest BCUT2D eigenvalue weighted by Crippen LogP contribution is -2.13. The second-order valence-electron chi connectivity index (χ2n) is 6.54. The molecule has 27 heavy (non-hydrogen) atoms. The third kappa shape index (κ3) is 3.27. The lowest BCUT2D eigenvalue weighted by molar-refractivity contribution is 0.102. The number of nitrogens with zero attached hydrogens (tertiary/aromatic N) is 5. The molecule has 0 unspecified atom stereocenters. The monoisotopic (exact) mass is 358 g/mol. The van der Waals surface area contributed by atoms with Crippen LogP contribution in [0.2, 0.25) is 0 Å². The van der Waals surface area contributed by atoms with Crippen molar-refractivity contribution in [2.45, 2.75) is 20.8 Å². The van der Waals surface area contributed by atoms with Gasteiger partial charge in [-0.2, -0.15) is 0 Å². The first-order valence-electron chi connectivity index (χ1n) is 8.54. The highest BCUT2D eigenvalue weighted by atomic mass is 16.1. The topological polar surface area (TPSA) is 85.6 Å². The molecule has 0 atom stereocenters. The molecule has 4 rings (SSSR count). The molecule has 0 aliphatic carbocycles. The third-order valence-corrected chi connectivity index (χ3v) is 4.39. The number of benzene rings is 2. The standard InChI is InChI=1S/C20H18N6O/c1-12-4-6-18-16(8-12)17(10-14(3)22-18)20(27)23-15-5-7-19(13(2)9-15)26-11-21-24-25-26/h4-11H,1-3H3,(H,23,27).